The molecule has 1 aromatic heterocycles. The van der Waals surface area contributed by atoms with Gasteiger partial charge in [-0.3, -0.25) is 0 Å². The van der Waals surface area contributed by atoms with E-state index in [1.54, 1.807) is 17.1 Å². The lowest BCUT2D eigenvalue weighted by Crippen LogP contribution is -2.15. The Kier molecular flexibility index (Phi) is 3.41. The highest BCUT2D eigenvalue weighted by molar-refractivity contribution is 9.10. The standard InChI is InChI=1S/C13H13BrClN3/c14-13-5-12(18-8-10(15)7-17-18)4-1-9(13)6-16-11-2-3-11/h1,4-5,7-8,11,16H,2-3,6H2. The Morgan fingerprint density at radius 3 is 2.89 bits per heavy atom. The molecule has 5 heteroatoms. The molecule has 94 valence electrons. The average molecular weight is 327 g/mol. The van der Waals surface area contributed by atoms with E-state index in [0.29, 0.717) is 5.02 Å². The first kappa shape index (κ1) is 12.2. The maximum absolute atomic E-state index is 5.87. The van der Waals surface area contributed by atoms with Crippen molar-refractivity contribution >= 4 is 27.5 Å². The SMILES string of the molecule is Clc1cnn(-c2ccc(CNC3CC3)c(Br)c2)c1. The van der Waals surface area contributed by atoms with Gasteiger partial charge in [-0.15, -0.1) is 0 Å². The van der Waals surface area contributed by atoms with Crippen molar-refractivity contribution in [2.75, 3.05) is 0 Å². The molecule has 1 N–H and O–H groups in total. The van der Waals surface area contributed by atoms with Crippen LogP contribution in [0.25, 0.3) is 5.69 Å². The van der Waals surface area contributed by atoms with Gasteiger partial charge in [0.25, 0.3) is 0 Å². The van der Waals surface area contributed by atoms with E-state index in [-0.39, 0.29) is 0 Å². The van der Waals surface area contributed by atoms with Crippen LogP contribution < -0.4 is 5.32 Å². The Bertz CT molecular complexity index is 563. The summed E-state index contributed by atoms with van der Waals surface area (Å²) in [5.74, 6) is 0. The number of nitrogens with zero attached hydrogens (tertiary/aromatic N) is 2. The Labute approximate surface area is 119 Å². The van der Waals surface area contributed by atoms with Crippen molar-refractivity contribution in [3.05, 3.63) is 45.7 Å². The van der Waals surface area contributed by atoms with Crippen LogP contribution in [0.1, 0.15) is 18.4 Å². The van der Waals surface area contributed by atoms with Crippen molar-refractivity contribution in [3.8, 4) is 5.69 Å². The van der Waals surface area contributed by atoms with E-state index < -0.39 is 0 Å². The smallest absolute Gasteiger partial charge is 0.0790 e. The molecule has 1 aliphatic rings. The molecule has 0 atom stereocenters. The van der Waals surface area contributed by atoms with Gasteiger partial charge in [0.05, 0.1) is 16.9 Å². The summed E-state index contributed by atoms with van der Waals surface area (Å²) in [5, 5.41) is 8.34. The molecular formula is C13H13BrClN3. The van der Waals surface area contributed by atoms with E-state index in [0.717, 1.165) is 22.7 Å². The molecule has 1 fully saturated rings. The van der Waals surface area contributed by atoms with Gasteiger partial charge in [0.2, 0.25) is 0 Å². The van der Waals surface area contributed by atoms with Gasteiger partial charge in [-0.1, -0.05) is 33.6 Å². The highest BCUT2D eigenvalue weighted by Crippen LogP contribution is 2.24. The molecule has 0 amide bonds. The molecule has 0 unspecified atom stereocenters. The topological polar surface area (TPSA) is 29.9 Å². The van der Waals surface area contributed by atoms with Crippen LogP contribution in [0.5, 0.6) is 0 Å². The van der Waals surface area contributed by atoms with E-state index in [1.165, 1.54) is 18.4 Å². The van der Waals surface area contributed by atoms with Crippen LogP contribution in [-0.4, -0.2) is 15.8 Å². The van der Waals surface area contributed by atoms with E-state index >= 15 is 0 Å². The van der Waals surface area contributed by atoms with Gasteiger partial charge in [-0.25, -0.2) is 4.68 Å². The normalized spacial score (nSPS) is 15.0. The van der Waals surface area contributed by atoms with E-state index in [1.807, 2.05) is 0 Å². The summed E-state index contributed by atoms with van der Waals surface area (Å²) in [6, 6.07) is 6.96. The summed E-state index contributed by atoms with van der Waals surface area (Å²) in [4.78, 5) is 0. The number of halogens is 2. The summed E-state index contributed by atoms with van der Waals surface area (Å²) in [6.07, 6.45) is 6.05. The fraction of sp³-hybridized carbons (Fsp3) is 0.308. The fourth-order valence-electron chi connectivity index (χ4n) is 1.81. The summed E-state index contributed by atoms with van der Waals surface area (Å²) in [6.45, 7) is 0.908. The van der Waals surface area contributed by atoms with Crippen LogP contribution in [0.2, 0.25) is 5.02 Å². The second kappa shape index (κ2) is 5.03. The third-order valence-electron chi connectivity index (χ3n) is 3.01. The quantitative estimate of drug-likeness (QED) is 0.931. The lowest BCUT2D eigenvalue weighted by Gasteiger charge is -2.08. The van der Waals surface area contributed by atoms with Crippen LogP contribution >= 0.6 is 27.5 Å². The lowest BCUT2D eigenvalue weighted by molar-refractivity contribution is 0.685. The highest BCUT2D eigenvalue weighted by Gasteiger charge is 2.20. The molecule has 2 aromatic rings. The van der Waals surface area contributed by atoms with Crippen LogP contribution in [-0.2, 0) is 6.54 Å². The number of hydrogen-bond acceptors (Lipinski definition) is 2. The Hall–Kier alpha value is -0.840. The third-order valence-corrected chi connectivity index (χ3v) is 3.94. The molecule has 0 spiro atoms. The Balaban J connectivity index is 1.79. The predicted molar refractivity (Wildman–Crippen MR) is 76.1 cm³/mol. The van der Waals surface area contributed by atoms with Crippen LogP contribution in [0.4, 0.5) is 0 Å². The zero-order valence-electron chi connectivity index (χ0n) is 9.74. The monoisotopic (exact) mass is 325 g/mol. The van der Waals surface area contributed by atoms with Crippen LogP contribution in [0, 0.1) is 0 Å². The maximum Gasteiger partial charge on any atom is 0.0790 e. The lowest BCUT2D eigenvalue weighted by atomic mass is 10.2. The second-order valence-corrected chi connectivity index (χ2v) is 5.82. The van der Waals surface area contributed by atoms with Crippen molar-refractivity contribution in [2.45, 2.75) is 25.4 Å². The molecule has 1 heterocycles. The minimum atomic E-state index is 0.644. The first-order valence-corrected chi connectivity index (χ1v) is 7.12. The molecule has 0 aliphatic heterocycles. The molecule has 0 radical (unpaired) electrons. The van der Waals surface area contributed by atoms with Crippen molar-refractivity contribution in [3.63, 3.8) is 0 Å². The van der Waals surface area contributed by atoms with Crippen LogP contribution in [0.15, 0.2) is 35.1 Å². The van der Waals surface area contributed by atoms with Gasteiger partial charge >= 0.3 is 0 Å². The van der Waals surface area contributed by atoms with Gasteiger partial charge in [-0.05, 0) is 30.5 Å². The molecular weight excluding hydrogens is 314 g/mol. The Morgan fingerprint density at radius 2 is 2.28 bits per heavy atom. The zero-order chi connectivity index (χ0) is 12.5. The van der Waals surface area contributed by atoms with Gasteiger partial charge < -0.3 is 5.32 Å². The predicted octanol–water partition coefficient (Wildman–Crippen LogP) is 3.54. The largest absolute Gasteiger partial charge is 0.310 e. The van der Waals surface area contributed by atoms with E-state index in [9.17, 15) is 0 Å². The summed E-state index contributed by atoms with van der Waals surface area (Å²) in [7, 11) is 0. The molecule has 1 aliphatic carbocycles. The fourth-order valence-corrected chi connectivity index (χ4v) is 2.45. The molecule has 0 bridgehead atoms. The molecule has 1 aromatic carbocycles. The summed E-state index contributed by atoms with van der Waals surface area (Å²) in [5.41, 5.74) is 2.27. The Morgan fingerprint density at radius 1 is 1.44 bits per heavy atom. The maximum atomic E-state index is 5.87. The number of benzene rings is 1. The third kappa shape index (κ3) is 2.76. The van der Waals surface area contributed by atoms with Crippen LogP contribution in [0.3, 0.4) is 0 Å². The first-order valence-electron chi connectivity index (χ1n) is 5.95. The average Bonchev–Trinajstić information content (AvgIpc) is 3.08. The minimum Gasteiger partial charge on any atom is -0.310 e. The van der Waals surface area contributed by atoms with Gasteiger partial charge in [0.1, 0.15) is 0 Å². The van der Waals surface area contributed by atoms with E-state index in [4.69, 9.17) is 11.6 Å². The van der Waals surface area contributed by atoms with Crippen molar-refractivity contribution < 1.29 is 0 Å². The van der Waals surface area contributed by atoms with Crippen molar-refractivity contribution in [2.24, 2.45) is 0 Å². The molecule has 3 rings (SSSR count). The van der Waals surface area contributed by atoms with Crippen molar-refractivity contribution in [1.29, 1.82) is 0 Å². The number of aromatic nitrogens is 2. The summed E-state index contributed by atoms with van der Waals surface area (Å²) >= 11 is 9.48. The number of rotatable bonds is 4. The molecule has 18 heavy (non-hydrogen) atoms. The van der Waals surface area contributed by atoms with Crippen molar-refractivity contribution in [1.82, 2.24) is 15.1 Å². The number of nitrogens with one attached hydrogen (secondary N) is 1. The molecule has 1 saturated carbocycles. The van der Waals surface area contributed by atoms with Gasteiger partial charge in [0, 0.05) is 23.3 Å². The zero-order valence-corrected chi connectivity index (χ0v) is 12.1. The molecule has 3 nitrogen and oxygen atoms in total. The molecule has 0 saturated heterocycles. The number of hydrogen-bond donors (Lipinski definition) is 1. The highest BCUT2D eigenvalue weighted by atomic mass is 79.9. The van der Waals surface area contributed by atoms with Gasteiger partial charge in [-0.2, -0.15) is 5.10 Å². The minimum absolute atomic E-state index is 0.644. The first-order chi connectivity index (χ1) is 8.72. The second-order valence-electron chi connectivity index (χ2n) is 4.53. The van der Waals surface area contributed by atoms with E-state index in [2.05, 4.69) is 44.5 Å². The van der Waals surface area contributed by atoms with Gasteiger partial charge in [0.15, 0.2) is 0 Å². The summed E-state index contributed by atoms with van der Waals surface area (Å²) < 4.78 is 2.87.